The number of aromatic hydroxyl groups is 1. The van der Waals surface area contributed by atoms with Gasteiger partial charge in [0, 0.05) is 0 Å². The van der Waals surface area contributed by atoms with E-state index in [1.54, 1.807) is 0 Å². The van der Waals surface area contributed by atoms with Crippen molar-refractivity contribution < 1.29 is 20.2 Å². The SMILES string of the molecule is C=CC(O)N(c1ccc(O)cc1[N+](=O)[O-])C(O)C=C. The van der Waals surface area contributed by atoms with Gasteiger partial charge in [-0.05, 0) is 24.3 Å². The number of phenols is 1. The third-order valence-corrected chi connectivity index (χ3v) is 2.43. The summed E-state index contributed by atoms with van der Waals surface area (Å²) in [5, 5.41) is 39.8. The molecule has 0 bridgehead atoms. The maximum atomic E-state index is 11.0. The number of nitrogens with zero attached hydrogens (tertiary/aromatic N) is 2. The fourth-order valence-electron chi connectivity index (χ4n) is 1.55. The van der Waals surface area contributed by atoms with Gasteiger partial charge >= 0.3 is 0 Å². The van der Waals surface area contributed by atoms with Crippen molar-refractivity contribution in [2.45, 2.75) is 12.5 Å². The van der Waals surface area contributed by atoms with Crippen molar-refractivity contribution in [3.63, 3.8) is 0 Å². The summed E-state index contributed by atoms with van der Waals surface area (Å²) in [5.41, 5.74) is -0.524. The second kappa shape index (κ2) is 5.98. The number of nitro groups is 1. The van der Waals surface area contributed by atoms with Gasteiger partial charge in [0.15, 0.2) is 0 Å². The van der Waals surface area contributed by atoms with Crippen LogP contribution in [-0.4, -0.2) is 32.7 Å². The Balaban J connectivity index is 3.41. The first-order chi connectivity index (χ1) is 8.92. The molecule has 0 aliphatic rings. The zero-order valence-corrected chi connectivity index (χ0v) is 10.0. The quantitative estimate of drug-likeness (QED) is 0.308. The minimum atomic E-state index is -1.35. The average molecular weight is 266 g/mol. The van der Waals surface area contributed by atoms with Gasteiger partial charge in [-0.3, -0.25) is 10.1 Å². The molecular formula is C12H14N2O5. The van der Waals surface area contributed by atoms with E-state index < -0.39 is 23.1 Å². The third kappa shape index (κ3) is 3.09. The van der Waals surface area contributed by atoms with Crippen LogP contribution in [0.3, 0.4) is 0 Å². The molecule has 1 aromatic rings. The number of benzene rings is 1. The molecule has 0 heterocycles. The maximum Gasteiger partial charge on any atom is 0.296 e. The summed E-state index contributed by atoms with van der Waals surface area (Å²) in [6.45, 7) is 6.72. The average Bonchev–Trinajstić information content (AvgIpc) is 2.39. The van der Waals surface area contributed by atoms with Crippen LogP contribution in [0.25, 0.3) is 0 Å². The largest absolute Gasteiger partial charge is 0.508 e. The lowest BCUT2D eigenvalue weighted by Gasteiger charge is -2.30. The summed E-state index contributed by atoms with van der Waals surface area (Å²) >= 11 is 0. The maximum absolute atomic E-state index is 11.0. The second-order valence-electron chi connectivity index (χ2n) is 3.64. The number of hydrogen-bond donors (Lipinski definition) is 3. The molecule has 0 saturated carbocycles. The first-order valence-electron chi connectivity index (χ1n) is 5.29. The summed E-state index contributed by atoms with van der Waals surface area (Å²) in [6, 6.07) is 3.35. The highest BCUT2D eigenvalue weighted by Gasteiger charge is 2.27. The lowest BCUT2D eigenvalue weighted by molar-refractivity contribution is -0.384. The fourth-order valence-corrected chi connectivity index (χ4v) is 1.55. The summed E-state index contributed by atoms with van der Waals surface area (Å²) in [7, 11) is 0. The van der Waals surface area contributed by atoms with E-state index in [-0.39, 0.29) is 11.4 Å². The molecule has 0 fully saturated rings. The van der Waals surface area contributed by atoms with Crippen LogP contribution in [0.2, 0.25) is 0 Å². The summed E-state index contributed by atoms with van der Waals surface area (Å²) < 4.78 is 0. The molecule has 2 atom stereocenters. The molecule has 0 aliphatic carbocycles. The molecule has 0 aromatic heterocycles. The Labute approximate surface area is 109 Å². The van der Waals surface area contributed by atoms with E-state index in [9.17, 15) is 25.4 Å². The molecule has 2 unspecified atom stereocenters. The van der Waals surface area contributed by atoms with Crippen LogP contribution in [0.1, 0.15) is 0 Å². The number of aliphatic hydroxyl groups excluding tert-OH is 2. The van der Waals surface area contributed by atoms with Gasteiger partial charge in [-0.15, -0.1) is 0 Å². The van der Waals surface area contributed by atoms with Gasteiger partial charge in [-0.2, -0.15) is 0 Å². The van der Waals surface area contributed by atoms with Crippen molar-refractivity contribution in [2.75, 3.05) is 4.90 Å². The van der Waals surface area contributed by atoms with Gasteiger partial charge in [0.2, 0.25) is 0 Å². The number of nitro benzene ring substituents is 1. The lowest BCUT2D eigenvalue weighted by Crippen LogP contribution is -2.41. The summed E-state index contributed by atoms with van der Waals surface area (Å²) in [4.78, 5) is 11.2. The zero-order valence-electron chi connectivity index (χ0n) is 10.0. The molecule has 7 nitrogen and oxygen atoms in total. The van der Waals surface area contributed by atoms with Gasteiger partial charge in [0.05, 0.1) is 11.0 Å². The Bertz CT molecular complexity index is 489. The smallest absolute Gasteiger partial charge is 0.296 e. The molecule has 1 rings (SSSR count). The molecular weight excluding hydrogens is 252 g/mol. The van der Waals surface area contributed by atoms with Crippen molar-refractivity contribution in [1.29, 1.82) is 0 Å². The number of phenolic OH excluding ortho intramolecular Hbond substituents is 1. The second-order valence-corrected chi connectivity index (χ2v) is 3.64. The first kappa shape index (κ1) is 14.7. The highest BCUT2D eigenvalue weighted by Crippen LogP contribution is 2.33. The Morgan fingerprint density at radius 2 is 1.79 bits per heavy atom. The fraction of sp³-hybridized carbons (Fsp3) is 0.167. The molecule has 0 saturated heterocycles. The molecule has 3 N–H and O–H groups in total. The van der Waals surface area contributed by atoms with Gasteiger partial charge in [-0.1, -0.05) is 13.2 Å². The van der Waals surface area contributed by atoms with Gasteiger partial charge in [-0.25, -0.2) is 0 Å². The van der Waals surface area contributed by atoms with Gasteiger partial charge in [0.1, 0.15) is 23.9 Å². The predicted octanol–water partition coefficient (Wildman–Crippen LogP) is 1.12. The van der Waals surface area contributed by atoms with E-state index >= 15 is 0 Å². The topological polar surface area (TPSA) is 107 Å². The predicted molar refractivity (Wildman–Crippen MR) is 69.6 cm³/mol. The molecule has 0 spiro atoms. The van der Waals surface area contributed by atoms with E-state index in [0.717, 1.165) is 23.1 Å². The highest BCUT2D eigenvalue weighted by molar-refractivity contribution is 5.66. The van der Waals surface area contributed by atoms with Crippen LogP contribution in [0.5, 0.6) is 5.75 Å². The van der Waals surface area contributed by atoms with E-state index in [1.807, 2.05) is 0 Å². The third-order valence-electron chi connectivity index (χ3n) is 2.43. The monoisotopic (exact) mass is 266 g/mol. The molecule has 0 radical (unpaired) electrons. The van der Waals surface area contributed by atoms with Crippen LogP contribution >= 0.6 is 0 Å². The number of hydrogen-bond acceptors (Lipinski definition) is 6. The van der Waals surface area contributed by atoms with Crippen LogP contribution in [0, 0.1) is 10.1 Å². The van der Waals surface area contributed by atoms with Crippen LogP contribution < -0.4 is 4.90 Å². The van der Waals surface area contributed by atoms with E-state index in [0.29, 0.717) is 0 Å². The number of anilines is 1. The van der Waals surface area contributed by atoms with Crippen molar-refractivity contribution in [3.8, 4) is 5.75 Å². The molecule has 0 amide bonds. The van der Waals surface area contributed by atoms with Gasteiger partial charge in [0.25, 0.3) is 5.69 Å². The summed E-state index contributed by atoms with van der Waals surface area (Å²) in [6.07, 6.45) is -0.500. The molecule has 1 aromatic carbocycles. The number of rotatable bonds is 6. The Hall–Kier alpha value is -2.38. The standard InChI is InChI=1S/C12H14N2O5/c1-3-11(16)13(12(17)4-2)9-6-5-8(15)7-10(9)14(18)19/h3-7,11-12,15-17H,1-2H2. The minimum Gasteiger partial charge on any atom is -0.508 e. The van der Waals surface area contributed by atoms with Crippen molar-refractivity contribution in [2.24, 2.45) is 0 Å². The van der Waals surface area contributed by atoms with Crippen molar-refractivity contribution >= 4 is 11.4 Å². The van der Waals surface area contributed by atoms with Crippen LogP contribution in [0.15, 0.2) is 43.5 Å². The van der Waals surface area contributed by atoms with Crippen LogP contribution in [-0.2, 0) is 0 Å². The minimum absolute atomic E-state index is 0.0670. The van der Waals surface area contributed by atoms with Crippen molar-refractivity contribution in [3.05, 3.63) is 53.6 Å². The highest BCUT2D eigenvalue weighted by atomic mass is 16.6. The Morgan fingerprint density at radius 1 is 1.26 bits per heavy atom. The number of aliphatic hydroxyl groups is 2. The Morgan fingerprint density at radius 3 is 2.21 bits per heavy atom. The van der Waals surface area contributed by atoms with Crippen molar-refractivity contribution in [1.82, 2.24) is 0 Å². The van der Waals surface area contributed by atoms with E-state index in [1.165, 1.54) is 12.1 Å². The first-order valence-corrected chi connectivity index (χ1v) is 5.29. The van der Waals surface area contributed by atoms with Crippen LogP contribution in [0.4, 0.5) is 11.4 Å². The van der Waals surface area contributed by atoms with E-state index in [4.69, 9.17) is 0 Å². The Kier molecular flexibility index (Phi) is 4.62. The zero-order chi connectivity index (χ0) is 14.6. The van der Waals surface area contributed by atoms with E-state index in [2.05, 4.69) is 13.2 Å². The lowest BCUT2D eigenvalue weighted by atomic mass is 10.2. The molecule has 102 valence electrons. The summed E-state index contributed by atoms with van der Waals surface area (Å²) in [5.74, 6) is -0.295. The molecule has 0 aliphatic heterocycles. The normalized spacial score (nSPS) is 13.4. The molecule has 7 heteroatoms. The van der Waals surface area contributed by atoms with Gasteiger partial charge < -0.3 is 20.2 Å². The molecule has 19 heavy (non-hydrogen) atoms.